The van der Waals surface area contributed by atoms with E-state index in [1.807, 2.05) is 18.2 Å². The van der Waals surface area contributed by atoms with Crippen LogP contribution in [0.15, 0.2) is 18.2 Å². The normalized spacial score (nSPS) is 13.4. The Kier molecular flexibility index (Phi) is 5.24. The van der Waals surface area contributed by atoms with E-state index in [0.29, 0.717) is 5.13 Å². The number of amides is 1. The Balaban J connectivity index is 0.00000176. The minimum absolute atomic E-state index is 0. The molecule has 0 spiro atoms. The third-order valence-corrected chi connectivity index (χ3v) is 4.53. The molecule has 1 aromatic heterocycles. The number of hydrogen-bond acceptors (Lipinski definition) is 5. The third kappa shape index (κ3) is 3.17. The van der Waals surface area contributed by atoms with E-state index < -0.39 is 12.0 Å². The summed E-state index contributed by atoms with van der Waals surface area (Å²) in [5, 5.41) is 12.4. The topological polar surface area (TPSA) is 71.5 Å². The molecule has 0 aliphatic heterocycles. The van der Waals surface area contributed by atoms with E-state index in [1.165, 1.54) is 23.8 Å². The van der Waals surface area contributed by atoms with Crippen molar-refractivity contribution in [2.24, 2.45) is 0 Å². The first-order valence-electron chi connectivity index (χ1n) is 6.74. The fourth-order valence-electron chi connectivity index (χ4n) is 2.38. The first-order valence-corrected chi connectivity index (χ1v) is 7.56. The molecule has 0 bridgehead atoms. The van der Waals surface area contributed by atoms with E-state index in [9.17, 15) is 9.90 Å². The van der Waals surface area contributed by atoms with Gasteiger partial charge in [0.2, 0.25) is 0 Å². The van der Waals surface area contributed by atoms with Crippen LogP contribution in [0.25, 0.3) is 11.3 Å². The monoisotopic (exact) mass is 359 g/mol. The fraction of sp³-hybridized carbons (Fsp3) is 0.333. The predicted octanol–water partition coefficient (Wildman–Crippen LogP) is 2.23. The van der Waals surface area contributed by atoms with Crippen LogP contribution in [0.2, 0.25) is 0 Å². The predicted molar refractivity (Wildman–Crippen MR) is 81.8 cm³/mol. The average molecular weight is 359 g/mol. The van der Waals surface area contributed by atoms with Crippen molar-refractivity contribution < 1.29 is 31.7 Å². The van der Waals surface area contributed by atoms with Gasteiger partial charge in [-0.25, -0.2) is 4.98 Å². The maximum Gasteiger partial charge on any atom is 2.00 e. The number of aromatic nitrogens is 1. The molecule has 1 aromatic carbocycles. The average Bonchev–Trinajstić information content (AvgIpc) is 2.89. The van der Waals surface area contributed by atoms with Gasteiger partial charge in [0.25, 0.3) is 5.91 Å². The molecule has 2 aromatic rings. The van der Waals surface area contributed by atoms with Gasteiger partial charge in [-0.3, -0.25) is 10.1 Å². The van der Waals surface area contributed by atoms with Gasteiger partial charge < -0.3 is 9.84 Å². The number of carbonyl (C=O) groups is 1. The molecule has 1 amide bonds. The molecule has 7 heteroatoms. The number of fused-ring (bicyclic) bond motifs is 3. The van der Waals surface area contributed by atoms with Crippen molar-refractivity contribution >= 4 is 22.4 Å². The van der Waals surface area contributed by atoms with Gasteiger partial charge in [0.1, 0.15) is 11.9 Å². The minimum atomic E-state index is -1.04. The molecular weight excluding hydrogens is 343 g/mol. The molecule has 2 N–H and O–H groups in total. The smallest absolute Gasteiger partial charge is 0.497 e. The van der Waals surface area contributed by atoms with Gasteiger partial charge >= 0.3 is 17.1 Å². The molecule has 22 heavy (non-hydrogen) atoms. The SMILES string of the molecule is COc1ccc2c(c1)CCc1sc(NC(=O)C(C)O)nc1-2.[Mn+2]. The summed E-state index contributed by atoms with van der Waals surface area (Å²) in [5.41, 5.74) is 3.22. The van der Waals surface area contributed by atoms with Crippen LogP contribution in [-0.4, -0.2) is 29.2 Å². The number of methoxy groups -OCH3 is 1. The first-order chi connectivity index (χ1) is 10.1. The number of hydrogen-bond donors (Lipinski definition) is 2. The zero-order valence-electron chi connectivity index (χ0n) is 12.2. The fourth-order valence-corrected chi connectivity index (χ4v) is 3.36. The number of thiazole rings is 1. The maximum absolute atomic E-state index is 11.5. The minimum Gasteiger partial charge on any atom is -0.497 e. The second kappa shape index (κ2) is 6.79. The first kappa shape index (κ1) is 17.0. The summed E-state index contributed by atoms with van der Waals surface area (Å²) in [6, 6.07) is 5.96. The third-order valence-electron chi connectivity index (χ3n) is 3.50. The Labute approximate surface area is 143 Å². The molecule has 5 nitrogen and oxygen atoms in total. The van der Waals surface area contributed by atoms with E-state index in [0.717, 1.165) is 34.7 Å². The standard InChI is InChI=1S/C15H16N2O3S.Mn/c1-8(18)14(19)17-15-16-13-11-5-4-10(20-2)7-9(11)3-6-12(13)21-15;/h4-5,7-8,18H,3,6H2,1-2H3,(H,16,17,19);/q;+2. The summed E-state index contributed by atoms with van der Waals surface area (Å²) in [4.78, 5) is 17.2. The van der Waals surface area contributed by atoms with Crippen LogP contribution >= 0.6 is 11.3 Å². The van der Waals surface area contributed by atoms with Crippen molar-refractivity contribution in [1.82, 2.24) is 4.98 Å². The molecule has 0 saturated carbocycles. The van der Waals surface area contributed by atoms with Crippen molar-refractivity contribution in [1.29, 1.82) is 0 Å². The van der Waals surface area contributed by atoms with Crippen molar-refractivity contribution in [3.63, 3.8) is 0 Å². The van der Waals surface area contributed by atoms with Gasteiger partial charge in [-0.1, -0.05) is 0 Å². The van der Waals surface area contributed by atoms with E-state index in [-0.39, 0.29) is 17.1 Å². The van der Waals surface area contributed by atoms with E-state index in [2.05, 4.69) is 10.3 Å². The van der Waals surface area contributed by atoms with Crippen LogP contribution in [0.3, 0.4) is 0 Å². The summed E-state index contributed by atoms with van der Waals surface area (Å²) in [6.07, 6.45) is 0.797. The number of aliphatic hydroxyl groups excluding tert-OH is 1. The zero-order valence-corrected chi connectivity index (χ0v) is 14.2. The number of benzene rings is 1. The van der Waals surface area contributed by atoms with Crippen molar-refractivity contribution in [3.05, 3.63) is 28.6 Å². The molecule has 1 atom stereocenters. The van der Waals surface area contributed by atoms with Gasteiger partial charge in [-0.05, 0) is 43.5 Å². The summed E-state index contributed by atoms with van der Waals surface area (Å²) in [6.45, 7) is 1.43. The van der Waals surface area contributed by atoms with Crippen LogP contribution < -0.4 is 10.1 Å². The molecule has 1 heterocycles. The van der Waals surface area contributed by atoms with Gasteiger partial charge in [-0.2, -0.15) is 0 Å². The number of nitrogens with one attached hydrogen (secondary N) is 1. The van der Waals surface area contributed by atoms with Gasteiger partial charge in [0.15, 0.2) is 5.13 Å². The van der Waals surface area contributed by atoms with Crippen LogP contribution in [0.4, 0.5) is 5.13 Å². The number of nitrogens with zero attached hydrogens (tertiary/aromatic N) is 1. The number of ether oxygens (including phenoxy) is 1. The maximum atomic E-state index is 11.5. The Morgan fingerprint density at radius 3 is 2.91 bits per heavy atom. The number of anilines is 1. The molecule has 1 aliphatic carbocycles. The number of aliphatic hydroxyl groups is 1. The Morgan fingerprint density at radius 1 is 1.45 bits per heavy atom. The largest absolute Gasteiger partial charge is 2.00 e. The Hall–Kier alpha value is -1.40. The molecular formula is C15H16MnN2O3S+2. The van der Waals surface area contributed by atoms with Crippen LogP contribution in [0.5, 0.6) is 5.75 Å². The van der Waals surface area contributed by atoms with Crippen molar-refractivity contribution in [2.75, 3.05) is 12.4 Å². The molecule has 1 aliphatic rings. The van der Waals surface area contributed by atoms with E-state index in [4.69, 9.17) is 4.74 Å². The summed E-state index contributed by atoms with van der Waals surface area (Å²) >= 11 is 1.47. The van der Waals surface area contributed by atoms with Crippen LogP contribution in [0.1, 0.15) is 17.4 Å². The molecule has 115 valence electrons. The van der Waals surface area contributed by atoms with E-state index >= 15 is 0 Å². The van der Waals surface area contributed by atoms with Gasteiger partial charge in [-0.15, -0.1) is 11.3 Å². The van der Waals surface area contributed by atoms with Crippen molar-refractivity contribution in [3.8, 4) is 17.0 Å². The van der Waals surface area contributed by atoms with Gasteiger partial charge in [0.05, 0.1) is 12.8 Å². The number of rotatable bonds is 3. The second-order valence-corrected chi connectivity index (χ2v) is 6.06. The summed E-state index contributed by atoms with van der Waals surface area (Å²) in [7, 11) is 1.66. The second-order valence-electron chi connectivity index (χ2n) is 4.98. The van der Waals surface area contributed by atoms with Gasteiger partial charge in [0, 0.05) is 10.4 Å². The summed E-state index contributed by atoms with van der Waals surface area (Å²) < 4.78 is 5.25. The van der Waals surface area contributed by atoms with Crippen LogP contribution in [0, 0.1) is 0 Å². The van der Waals surface area contributed by atoms with E-state index in [1.54, 1.807) is 7.11 Å². The number of carbonyl (C=O) groups excluding carboxylic acids is 1. The molecule has 1 radical (unpaired) electrons. The zero-order chi connectivity index (χ0) is 15.0. The number of aryl methyl sites for hydroxylation is 2. The molecule has 0 saturated heterocycles. The quantitative estimate of drug-likeness (QED) is 0.825. The molecule has 1 unspecified atom stereocenters. The van der Waals surface area contributed by atoms with Crippen molar-refractivity contribution in [2.45, 2.75) is 25.9 Å². The Bertz CT molecular complexity index is 700. The molecule has 3 rings (SSSR count). The van der Waals surface area contributed by atoms with Crippen LogP contribution in [-0.2, 0) is 34.7 Å². The molecule has 0 fully saturated rings. The Morgan fingerprint density at radius 2 is 2.23 bits per heavy atom. The summed E-state index contributed by atoms with van der Waals surface area (Å²) in [5.74, 6) is 0.408.